The highest BCUT2D eigenvalue weighted by atomic mass is 14.3. The standard InChI is InChI=1S/C13H22B/c1-10-9-14-11(2)8-13(10)12-6-4-3-5-7-12/h4,6,10-13H,3,5,7-9H2,1-2H3. The van der Waals surface area contributed by atoms with Crippen molar-refractivity contribution in [3.05, 3.63) is 12.2 Å². The van der Waals surface area contributed by atoms with Crippen molar-refractivity contribution in [1.82, 2.24) is 0 Å². The number of hydrogen-bond donors (Lipinski definition) is 0. The minimum Gasteiger partial charge on any atom is -0.0882 e. The summed E-state index contributed by atoms with van der Waals surface area (Å²) in [7, 11) is 2.52. The van der Waals surface area contributed by atoms with Gasteiger partial charge < -0.3 is 0 Å². The molecule has 2 rings (SSSR count). The average molecular weight is 189 g/mol. The van der Waals surface area contributed by atoms with Crippen LogP contribution in [0.2, 0.25) is 12.1 Å². The monoisotopic (exact) mass is 189 g/mol. The topological polar surface area (TPSA) is 0 Å². The van der Waals surface area contributed by atoms with Gasteiger partial charge in [0.15, 0.2) is 0 Å². The molecule has 1 aliphatic carbocycles. The summed E-state index contributed by atoms with van der Waals surface area (Å²) in [4.78, 5) is 0. The predicted molar refractivity (Wildman–Crippen MR) is 63.7 cm³/mol. The lowest BCUT2D eigenvalue weighted by atomic mass is 9.49. The molecule has 0 aromatic rings. The third-order valence-electron chi connectivity index (χ3n) is 4.13. The molecule has 1 heteroatoms. The molecule has 0 nitrogen and oxygen atoms in total. The molecule has 1 heterocycles. The van der Waals surface area contributed by atoms with Crippen molar-refractivity contribution >= 4 is 7.28 Å². The third-order valence-corrected chi connectivity index (χ3v) is 4.13. The molecule has 0 saturated carbocycles. The largest absolute Gasteiger partial charge is 0.113 e. The first-order valence-electron chi connectivity index (χ1n) is 6.27. The fourth-order valence-corrected chi connectivity index (χ4v) is 3.17. The van der Waals surface area contributed by atoms with Crippen LogP contribution >= 0.6 is 0 Å². The van der Waals surface area contributed by atoms with Crippen LogP contribution in [-0.2, 0) is 0 Å². The lowest BCUT2D eigenvalue weighted by Gasteiger charge is -2.37. The van der Waals surface area contributed by atoms with E-state index in [0.29, 0.717) is 0 Å². The second-order valence-corrected chi connectivity index (χ2v) is 5.35. The first-order valence-corrected chi connectivity index (χ1v) is 6.27. The fourth-order valence-electron chi connectivity index (χ4n) is 3.17. The van der Waals surface area contributed by atoms with Crippen molar-refractivity contribution in [1.29, 1.82) is 0 Å². The first kappa shape index (κ1) is 10.3. The third kappa shape index (κ3) is 2.24. The predicted octanol–water partition coefficient (Wildman–Crippen LogP) is 3.93. The molecule has 0 N–H and O–H groups in total. The molecule has 0 aromatic carbocycles. The van der Waals surface area contributed by atoms with Crippen molar-refractivity contribution < 1.29 is 0 Å². The van der Waals surface area contributed by atoms with Gasteiger partial charge in [0, 0.05) is 0 Å². The van der Waals surface area contributed by atoms with E-state index in [4.69, 9.17) is 0 Å². The zero-order valence-corrected chi connectivity index (χ0v) is 9.58. The van der Waals surface area contributed by atoms with Crippen LogP contribution in [0.25, 0.3) is 0 Å². The van der Waals surface area contributed by atoms with Crippen LogP contribution in [0.3, 0.4) is 0 Å². The van der Waals surface area contributed by atoms with Crippen LogP contribution in [0.5, 0.6) is 0 Å². The minimum absolute atomic E-state index is 0.853. The molecule has 77 valence electrons. The van der Waals surface area contributed by atoms with E-state index in [9.17, 15) is 0 Å². The van der Waals surface area contributed by atoms with Gasteiger partial charge in [-0.25, -0.2) is 0 Å². The second-order valence-electron chi connectivity index (χ2n) is 5.35. The van der Waals surface area contributed by atoms with Gasteiger partial charge in [0.2, 0.25) is 0 Å². The Hall–Kier alpha value is -0.195. The quantitative estimate of drug-likeness (QED) is 0.433. The Morgan fingerprint density at radius 1 is 1.29 bits per heavy atom. The van der Waals surface area contributed by atoms with Gasteiger partial charge in [0.1, 0.15) is 7.28 Å². The molecule has 0 aromatic heterocycles. The van der Waals surface area contributed by atoms with Crippen LogP contribution in [0.1, 0.15) is 39.5 Å². The Labute approximate surface area is 89.4 Å². The summed E-state index contributed by atoms with van der Waals surface area (Å²) in [5.41, 5.74) is 0. The van der Waals surface area contributed by atoms with Gasteiger partial charge in [0.05, 0.1) is 0 Å². The maximum atomic E-state index is 2.52. The van der Waals surface area contributed by atoms with Crippen molar-refractivity contribution in [3.63, 3.8) is 0 Å². The molecule has 0 spiro atoms. The smallest absolute Gasteiger partial charge is 0.0882 e. The van der Waals surface area contributed by atoms with Crippen molar-refractivity contribution in [2.45, 2.75) is 51.7 Å². The van der Waals surface area contributed by atoms with E-state index >= 15 is 0 Å². The van der Waals surface area contributed by atoms with Gasteiger partial charge >= 0.3 is 0 Å². The average Bonchev–Trinajstić information content (AvgIpc) is 2.23. The van der Waals surface area contributed by atoms with E-state index < -0.39 is 0 Å². The summed E-state index contributed by atoms with van der Waals surface area (Å²) in [5, 5.41) is 0. The fraction of sp³-hybridized carbons (Fsp3) is 0.846. The lowest BCUT2D eigenvalue weighted by molar-refractivity contribution is 0.243. The van der Waals surface area contributed by atoms with Gasteiger partial charge in [-0.3, -0.25) is 0 Å². The highest BCUT2D eigenvalue weighted by Gasteiger charge is 2.31. The van der Waals surface area contributed by atoms with Gasteiger partial charge in [-0.1, -0.05) is 44.6 Å². The Kier molecular flexibility index (Phi) is 3.36. The van der Waals surface area contributed by atoms with Gasteiger partial charge in [0.25, 0.3) is 0 Å². The number of rotatable bonds is 1. The van der Waals surface area contributed by atoms with Gasteiger partial charge in [-0.05, 0) is 37.0 Å². The molecular formula is C13H22B. The number of allylic oxidation sites excluding steroid dienone is 2. The minimum atomic E-state index is 0.853. The van der Waals surface area contributed by atoms with E-state index in [2.05, 4.69) is 33.3 Å². The van der Waals surface area contributed by atoms with Crippen LogP contribution in [0, 0.1) is 17.8 Å². The molecule has 1 radical (unpaired) electrons. The molecule has 4 atom stereocenters. The van der Waals surface area contributed by atoms with Crippen LogP contribution in [-0.4, -0.2) is 7.28 Å². The SMILES string of the molecule is CC1[B]CC(C)C(C2C=CCCC2)C1. The van der Waals surface area contributed by atoms with E-state index in [-0.39, 0.29) is 0 Å². The van der Waals surface area contributed by atoms with E-state index in [0.717, 1.165) is 23.6 Å². The summed E-state index contributed by atoms with van der Waals surface area (Å²) >= 11 is 0. The summed E-state index contributed by atoms with van der Waals surface area (Å²) in [6.07, 6.45) is 11.9. The zero-order valence-electron chi connectivity index (χ0n) is 9.58. The van der Waals surface area contributed by atoms with Crippen LogP contribution in [0.4, 0.5) is 0 Å². The molecule has 4 unspecified atom stereocenters. The summed E-state index contributed by atoms with van der Waals surface area (Å²) in [5.74, 6) is 3.63. The Balaban J connectivity index is 1.99. The highest BCUT2D eigenvalue weighted by molar-refractivity contribution is 6.37. The van der Waals surface area contributed by atoms with E-state index in [1.165, 1.54) is 32.0 Å². The Morgan fingerprint density at radius 3 is 2.86 bits per heavy atom. The molecule has 0 bridgehead atoms. The Bertz CT molecular complexity index is 209. The maximum Gasteiger partial charge on any atom is 0.113 e. The molecule has 1 aliphatic heterocycles. The van der Waals surface area contributed by atoms with E-state index in [1.807, 2.05) is 0 Å². The van der Waals surface area contributed by atoms with Gasteiger partial charge in [-0.2, -0.15) is 0 Å². The molecule has 1 saturated heterocycles. The summed E-state index contributed by atoms with van der Waals surface area (Å²) in [6.45, 7) is 4.82. The molecular weight excluding hydrogens is 167 g/mol. The first-order chi connectivity index (χ1) is 6.77. The zero-order chi connectivity index (χ0) is 9.97. The molecule has 14 heavy (non-hydrogen) atoms. The second kappa shape index (κ2) is 4.55. The van der Waals surface area contributed by atoms with Crippen molar-refractivity contribution in [2.75, 3.05) is 0 Å². The van der Waals surface area contributed by atoms with E-state index in [1.54, 1.807) is 0 Å². The summed E-state index contributed by atoms with van der Waals surface area (Å²) in [6, 6.07) is 0. The van der Waals surface area contributed by atoms with Crippen molar-refractivity contribution in [2.24, 2.45) is 17.8 Å². The lowest BCUT2D eigenvalue weighted by Crippen LogP contribution is -2.29. The molecule has 2 aliphatic rings. The molecule has 0 amide bonds. The number of hydrogen-bond acceptors (Lipinski definition) is 0. The highest BCUT2D eigenvalue weighted by Crippen LogP contribution is 2.40. The maximum absolute atomic E-state index is 2.52. The normalized spacial score (nSPS) is 43.3. The van der Waals surface area contributed by atoms with Crippen molar-refractivity contribution in [3.8, 4) is 0 Å². The van der Waals surface area contributed by atoms with Crippen LogP contribution in [0.15, 0.2) is 12.2 Å². The van der Waals surface area contributed by atoms with Gasteiger partial charge in [-0.15, -0.1) is 0 Å². The molecule has 1 fully saturated rings. The Morgan fingerprint density at radius 2 is 2.14 bits per heavy atom. The van der Waals surface area contributed by atoms with Crippen LogP contribution < -0.4 is 0 Å². The summed E-state index contributed by atoms with van der Waals surface area (Å²) < 4.78 is 0.